The second kappa shape index (κ2) is 7.66. The van der Waals surface area contributed by atoms with Crippen molar-refractivity contribution < 1.29 is 17.9 Å². The number of carbonyl (C=O) groups is 1. The Hall–Kier alpha value is -2.08. The monoisotopic (exact) mass is 375 g/mol. The summed E-state index contributed by atoms with van der Waals surface area (Å²) < 4.78 is 29.5. The predicted octanol–water partition coefficient (Wildman–Crippen LogP) is 3.28. The molecule has 1 unspecified atom stereocenters. The normalized spacial score (nSPS) is 18.8. The molecule has 26 heavy (non-hydrogen) atoms. The number of hydrogen-bond acceptors (Lipinski definition) is 4. The van der Waals surface area contributed by atoms with E-state index >= 15 is 0 Å². The van der Waals surface area contributed by atoms with Gasteiger partial charge in [-0.05, 0) is 42.7 Å². The quantitative estimate of drug-likeness (QED) is 0.777. The molecule has 140 valence electrons. The first-order chi connectivity index (χ1) is 12.4. The second-order valence-electron chi connectivity index (χ2n) is 6.68. The minimum absolute atomic E-state index is 0.0519. The Morgan fingerprint density at radius 2 is 1.88 bits per heavy atom. The van der Waals surface area contributed by atoms with Crippen LogP contribution in [0.1, 0.15) is 37.0 Å². The maximum atomic E-state index is 13.3. The van der Waals surface area contributed by atoms with Crippen LogP contribution in [0.3, 0.4) is 0 Å². The summed E-state index contributed by atoms with van der Waals surface area (Å²) in [7, 11) is -3.05. The summed E-state index contributed by atoms with van der Waals surface area (Å²) in [6.07, 6.45) is 1.28. The topological polar surface area (TPSA) is 63.7 Å². The first-order valence-electron chi connectivity index (χ1n) is 9.12. The Morgan fingerprint density at radius 3 is 2.46 bits per heavy atom. The van der Waals surface area contributed by atoms with Crippen LogP contribution in [0.15, 0.2) is 36.4 Å². The smallest absolute Gasteiger partial charge is 0.257 e. The fourth-order valence-electron chi connectivity index (χ4n) is 3.53. The summed E-state index contributed by atoms with van der Waals surface area (Å²) in [4.78, 5) is 15.0. The van der Waals surface area contributed by atoms with Gasteiger partial charge < -0.3 is 9.64 Å². The Morgan fingerprint density at radius 1 is 1.19 bits per heavy atom. The van der Waals surface area contributed by atoms with Crippen molar-refractivity contribution in [3.8, 4) is 5.75 Å². The van der Waals surface area contributed by atoms with Gasteiger partial charge in [-0.1, -0.05) is 31.2 Å². The number of carbonyl (C=O) groups excluding carboxylic acids is 1. The van der Waals surface area contributed by atoms with Crippen molar-refractivity contribution in [2.45, 2.75) is 32.7 Å². The molecular formula is C20H25NO4S. The largest absolute Gasteiger partial charge is 0.493 e. The first kappa shape index (κ1) is 18.7. The summed E-state index contributed by atoms with van der Waals surface area (Å²) in [5.41, 5.74) is 0.503. The summed E-state index contributed by atoms with van der Waals surface area (Å²) in [6, 6.07) is 11.3. The van der Waals surface area contributed by atoms with Crippen molar-refractivity contribution in [1.82, 2.24) is 4.90 Å². The molecule has 1 amide bonds. The Labute approximate surface area is 154 Å². The van der Waals surface area contributed by atoms with Gasteiger partial charge in [0.05, 0.1) is 23.7 Å². The minimum atomic E-state index is -3.05. The van der Waals surface area contributed by atoms with Gasteiger partial charge in [0.1, 0.15) is 5.75 Å². The van der Waals surface area contributed by atoms with Gasteiger partial charge in [-0.3, -0.25) is 4.79 Å². The third-order valence-corrected chi connectivity index (χ3v) is 6.50. The standard InChI is InChI=1S/C20H25NO4S/c1-3-10-21(17-9-11-26(23,24)14-17)20(22)18-12-15-7-5-6-8-16(15)13-19(18)25-4-2/h5-8,12-13,17H,3-4,9-11,14H2,1-2H3. The number of nitrogens with zero attached hydrogens (tertiary/aromatic N) is 1. The van der Waals surface area contributed by atoms with Crippen LogP contribution >= 0.6 is 0 Å². The van der Waals surface area contributed by atoms with Crippen LogP contribution in [0.4, 0.5) is 0 Å². The van der Waals surface area contributed by atoms with Crippen LogP contribution in [0.5, 0.6) is 5.75 Å². The average molecular weight is 375 g/mol. The molecule has 1 fully saturated rings. The molecule has 1 aliphatic heterocycles. The molecule has 1 atom stereocenters. The van der Waals surface area contributed by atoms with Crippen LogP contribution in [0.25, 0.3) is 10.8 Å². The Bertz CT molecular complexity index is 907. The molecule has 0 N–H and O–H groups in total. The molecule has 0 saturated carbocycles. The lowest BCUT2D eigenvalue weighted by Gasteiger charge is -2.28. The predicted molar refractivity (Wildman–Crippen MR) is 104 cm³/mol. The van der Waals surface area contributed by atoms with Crippen molar-refractivity contribution in [3.63, 3.8) is 0 Å². The van der Waals surface area contributed by atoms with Gasteiger partial charge in [0.2, 0.25) is 0 Å². The highest BCUT2D eigenvalue weighted by atomic mass is 32.2. The zero-order valence-electron chi connectivity index (χ0n) is 15.3. The maximum absolute atomic E-state index is 13.3. The molecule has 5 nitrogen and oxygen atoms in total. The van der Waals surface area contributed by atoms with E-state index in [1.54, 1.807) is 4.90 Å². The third kappa shape index (κ3) is 3.85. The molecule has 2 aromatic rings. The van der Waals surface area contributed by atoms with Gasteiger partial charge in [-0.2, -0.15) is 0 Å². The molecule has 1 aliphatic rings. The van der Waals surface area contributed by atoms with Crippen molar-refractivity contribution >= 4 is 26.5 Å². The van der Waals surface area contributed by atoms with Crippen LogP contribution in [-0.2, 0) is 9.84 Å². The molecule has 0 spiro atoms. The molecular weight excluding hydrogens is 350 g/mol. The van der Waals surface area contributed by atoms with E-state index in [0.717, 1.165) is 17.2 Å². The van der Waals surface area contributed by atoms with E-state index < -0.39 is 9.84 Å². The number of hydrogen-bond donors (Lipinski definition) is 0. The molecule has 0 aromatic heterocycles. The zero-order chi connectivity index (χ0) is 18.7. The Kier molecular flexibility index (Phi) is 5.51. The van der Waals surface area contributed by atoms with Gasteiger partial charge in [-0.25, -0.2) is 8.42 Å². The third-order valence-electron chi connectivity index (χ3n) is 4.75. The van der Waals surface area contributed by atoms with Gasteiger partial charge in [-0.15, -0.1) is 0 Å². The fraction of sp³-hybridized carbons (Fsp3) is 0.450. The van der Waals surface area contributed by atoms with E-state index in [-0.39, 0.29) is 23.5 Å². The van der Waals surface area contributed by atoms with E-state index in [0.29, 0.717) is 30.9 Å². The number of benzene rings is 2. The molecule has 3 rings (SSSR count). The lowest BCUT2D eigenvalue weighted by molar-refractivity contribution is 0.0693. The summed E-state index contributed by atoms with van der Waals surface area (Å²) in [5.74, 6) is 0.610. The van der Waals surface area contributed by atoms with Crippen molar-refractivity contribution in [2.75, 3.05) is 24.7 Å². The van der Waals surface area contributed by atoms with Crippen molar-refractivity contribution in [3.05, 3.63) is 42.0 Å². The summed E-state index contributed by atoms with van der Waals surface area (Å²) in [5, 5.41) is 1.98. The molecule has 0 aliphatic carbocycles. The van der Waals surface area contributed by atoms with Gasteiger partial charge in [0.15, 0.2) is 9.84 Å². The molecule has 1 heterocycles. The van der Waals surface area contributed by atoms with Gasteiger partial charge in [0, 0.05) is 12.6 Å². The average Bonchev–Trinajstić information content (AvgIpc) is 2.98. The number of rotatable bonds is 6. The SMILES string of the molecule is CCCN(C(=O)c1cc2ccccc2cc1OCC)C1CCS(=O)(=O)C1. The van der Waals surface area contributed by atoms with Gasteiger partial charge >= 0.3 is 0 Å². The highest BCUT2D eigenvalue weighted by Crippen LogP contribution is 2.29. The number of fused-ring (bicyclic) bond motifs is 1. The molecule has 2 aromatic carbocycles. The van der Waals surface area contributed by atoms with Crippen LogP contribution in [-0.4, -0.2) is 49.9 Å². The first-order valence-corrected chi connectivity index (χ1v) is 10.9. The maximum Gasteiger partial charge on any atom is 0.257 e. The molecule has 0 radical (unpaired) electrons. The number of sulfone groups is 1. The molecule has 1 saturated heterocycles. The number of ether oxygens (including phenoxy) is 1. The fourth-order valence-corrected chi connectivity index (χ4v) is 5.26. The van der Waals surface area contributed by atoms with E-state index in [9.17, 15) is 13.2 Å². The van der Waals surface area contributed by atoms with Crippen molar-refractivity contribution in [2.24, 2.45) is 0 Å². The lowest BCUT2D eigenvalue weighted by Crippen LogP contribution is -2.41. The van der Waals surface area contributed by atoms with Crippen LogP contribution in [0.2, 0.25) is 0 Å². The minimum Gasteiger partial charge on any atom is -0.493 e. The number of amides is 1. The van der Waals surface area contributed by atoms with Gasteiger partial charge in [0.25, 0.3) is 5.91 Å². The zero-order valence-corrected chi connectivity index (χ0v) is 16.1. The van der Waals surface area contributed by atoms with E-state index in [1.807, 2.05) is 50.2 Å². The van der Waals surface area contributed by atoms with Crippen LogP contribution < -0.4 is 4.74 Å². The van der Waals surface area contributed by atoms with E-state index in [1.165, 1.54) is 0 Å². The highest BCUT2D eigenvalue weighted by Gasteiger charge is 2.35. The lowest BCUT2D eigenvalue weighted by atomic mass is 10.0. The second-order valence-corrected chi connectivity index (χ2v) is 8.91. The summed E-state index contributed by atoms with van der Waals surface area (Å²) >= 11 is 0. The summed E-state index contributed by atoms with van der Waals surface area (Å²) in [6.45, 7) is 4.88. The van der Waals surface area contributed by atoms with E-state index in [2.05, 4.69) is 0 Å². The molecule has 6 heteroatoms. The van der Waals surface area contributed by atoms with E-state index in [4.69, 9.17) is 4.74 Å². The molecule has 0 bridgehead atoms. The van der Waals surface area contributed by atoms with Crippen LogP contribution in [0, 0.1) is 0 Å². The van der Waals surface area contributed by atoms with Crippen molar-refractivity contribution in [1.29, 1.82) is 0 Å². The Balaban J connectivity index is 2.01. The highest BCUT2D eigenvalue weighted by molar-refractivity contribution is 7.91.